The zero-order chi connectivity index (χ0) is 21.8. The molecule has 0 aliphatic carbocycles. The van der Waals surface area contributed by atoms with Crippen LogP contribution in [0, 0.1) is 13.8 Å². The molecular weight excluding hydrogens is 384 g/mol. The van der Waals surface area contributed by atoms with Crippen LogP contribution in [0.4, 0.5) is 17.1 Å². The van der Waals surface area contributed by atoms with Crippen LogP contribution in [-0.2, 0) is 14.4 Å². The molecule has 8 nitrogen and oxygen atoms in total. The van der Waals surface area contributed by atoms with Crippen molar-refractivity contribution in [2.45, 2.75) is 33.6 Å². The van der Waals surface area contributed by atoms with Crippen LogP contribution in [0.15, 0.2) is 41.5 Å². The molecule has 2 aromatic rings. The number of ether oxygens (including phenoxy) is 1. The van der Waals surface area contributed by atoms with Gasteiger partial charge in [-0.15, -0.1) is 0 Å². The van der Waals surface area contributed by atoms with E-state index in [-0.39, 0.29) is 30.4 Å². The Labute approximate surface area is 174 Å². The number of rotatable bonds is 5. The van der Waals surface area contributed by atoms with Crippen LogP contribution >= 0.6 is 0 Å². The molecule has 1 aliphatic rings. The average Bonchev–Trinajstić information content (AvgIpc) is 2.70. The monoisotopic (exact) mass is 408 g/mol. The number of hydrogen-bond acceptors (Lipinski definition) is 5. The van der Waals surface area contributed by atoms with Crippen molar-refractivity contribution in [3.8, 4) is 5.75 Å². The number of hydrogen-bond donors (Lipinski definition) is 2. The van der Waals surface area contributed by atoms with Crippen LogP contribution in [0.3, 0.4) is 0 Å². The van der Waals surface area contributed by atoms with Crippen LogP contribution < -0.4 is 20.4 Å². The lowest BCUT2D eigenvalue weighted by Crippen LogP contribution is -2.36. The van der Waals surface area contributed by atoms with Crippen molar-refractivity contribution in [3.05, 3.63) is 47.5 Å². The molecule has 0 spiro atoms. The minimum absolute atomic E-state index is 0.162. The van der Waals surface area contributed by atoms with E-state index in [0.29, 0.717) is 22.8 Å². The normalized spacial score (nSPS) is 13.5. The predicted octanol–water partition coefficient (Wildman–Crippen LogP) is 3.39. The minimum atomic E-state index is -0.434. The van der Waals surface area contributed by atoms with Crippen molar-refractivity contribution >= 4 is 40.5 Å². The van der Waals surface area contributed by atoms with Gasteiger partial charge in [-0.2, -0.15) is 5.10 Å². The maximum atomic E-state index is 12.9. The SMILES string of the molecule is COc1ccc(NC(C)=O)cc1NC(=O)C1=NN(c2cc(C)ccc2C)C(=O)CC1. The third-order valence-corrected chi connectivity index (χ3v) is 4.66. The molecule has 0 atom stereocenters. The maximum absolute atomic E-state index is 12.9. The molecule has 2 aromatic carbocycles. The molecule has 3 amide bonds. The third-order valence-electron chi connectivity index (χ3n) is 4.66. The number of amides is 3. The average molecular weight is 408 g/mol. The molecule has 0 radical (unpaired) electrons. The van der Waals surface area contributed by atoms with Crippen molar-refractivity contribution < 1.29 is 19.1 Å². The fourth-order valence-electron chi connectivity index (χ4n) is 3.13. The number of aryl methyl sites for hydroxylation is 2. The van der Waals surface area contributed by atoms with Crippen LogP contribution in [0.2, 0.25) is 0 Å². The quantitative estimate of drug-likeness (QED) is 0.792. The minimum Gasteiger partial charge on any atom is -0.495 e. The summed E-state index contributed by atoms with van der Waals surface area (Å²) < 4.78 is 5.30. The molecule has 30 heavy (non-hydrogen) atoms. The summed E-state index contributed by atoms with van der Waals surface area (Å²) in [4.78, 5) is 36.7. The number of nitrogens with zero attached hydrogens (tertiary/aromatic N) is 2. The van der Waals surface area contributed by atoms with Gasteiger partial charge in [-0.25, -0.2) is 5.01 Å². The van der Waals surface area contributed by atoms with Gasteiger partial charge in [0.1, 0.15) is 11.5 Å². The first-order chi connectivity index (χ1) is 14.3. The van der Waals surface area contributed by atoms with E-state index < -0.39 is 5.91 Å². The first kappa shape index (κ1) is 21.0. The Morgan fingerprint density at radius 1 is 1.07 bits per heavy atom. The van der Waals surface area contributed by atoms with Gasteiger partial charge < -0.3 is 15.4 Å². The number of carbonyl (C=O) groups excluding carboxylic acids is 3. The summed E-state index contributed by atoms with van der Waals surface area (Å²) in [5.74, 6) is -0.380. The Kier molecular flexibility index (Phi) is 6.15. The van der Waals surface area contributed by atoms with Gasteiger partial charge in [-0.05, 0) is 49.2 Å². The summed E-state index contributed by atoms with van der Waals surface area (Å²) in [6.45, 7) is 5.23. The van der Waals surface area contributed by atoms with Crippen molar-refractivity contribution in [3.63, 3.8) is 0 Å². The van der Waals surface area contributed by atoms with Gasteiger partial charge in [0.2, 0.25) is 11.8 Å². The van der Waals surface area contributed by atoms with Crippen LogP contribution in [-0.4, -0.2) is 30.5 Å². The summed E-state index contributed by atoms with van der Waals surface area (Å²) in [6, 6.07) is 10.7. The zero-order valence-electron chi connectivity index (χ0n) is 17.4. The van der Waals surface area contributed by atoms with E-state index in [1.807, 2.05) is 32.0 Å². The Balaban J connectivity index is 1.88. The highest BCUT2D eigenvalue weighted by Gasteiger charge is 2.27. The molecule has 2 N–H and O–H groups in total. The lowest BCUT2D eigenvalue weighted by atomic mass is 10.1. The molecule has 0 fully saturated rings. The summed E-state index contributed by atoms with van der Waals surface area (Å²) in [7, 11) is 1.49. The van der Waals surface area contributed by atoms with Crippen LogP contribution in [0.25, 0.3) is 0 Å². The molecule has 0 saturated heterocycles. The van der Waals surface area contributed by atoms with Gasteiger partial charge in [0.25, 0.3) is 5.91 Å². The largest absolute Gasteiger partial charge is 0.495 e. The predicted molar refractivity (Wildman–Crippen MR) is 116 cm³/mol. The first-order valence-corrected chi connectivity index (χ1v) is 9.53. The Bertz CT molecular complexity index is 1050. The highest BCUT2D eigenvalue weighted by Crippen LogP contribution is 2.29. The topological polar surface area (TPSA) is 100 Å². The molecular formula is C22H24N4O4. The number of methoxy groups -OCH3 is 1. The van der Waals surface area contributed by atoms with Gasteiger partial charge >= 0.3 is 0 Å². The van der Waals surface area contributed by atoms with Gasteiger partial charge in [0.15, 0.2) is 0 Å². The van der Waals surface area contributed by atoms with E-state index in [4.69, 9.17) is 4.74 Å². The standard InChI is InChI=1S/C22H24N4O4/c1-13-5-6-14(2)19(11-13)26-21(28)10-8-17(25-26)22(29)24-18-12-16(23-15(3)27)7-9-20(18)30-4/h5-7,9,11-12H,8,10H2,1-4H3,(H,23,27)(H,24,29). The van der Waals surface area contributed by atoms with E-state index in [0.717, 1.165) is 11.1 Å². The molecule has 0 aromatic heterocycles. The molecule has 8 heteroatoms. The first-order valence-electron chi connectivity index (χ1n) is 9.53. The van der Waals surface area contributed by atoms with Crippen molar-refractivity contribution in [1.82, 2.24) is 0 Å². The van der Waals surface area contributed by atoms with Crippen LogP contribution in [0.5, 0.6) is 5.75 Å². The Morgan fingerprint density at radius 3 is 2.53 bits per heavy atom. The third kappa shape index (κ3) is 4.65. The molecule has 0 bridgehead atoms. The molecule has 0 saturated carbocycles. The maximum Gasteiger partial charge on any atom is 0.271 e. The highest BCUT2D eigenvalue weighted by molar-refractivity contribution is 6.44. The van der Waals surface area contributed by atoms with E-state index in [2.05, 4.69) is 15.7 Å². The fraction of sp³-hybridized carbons (Fsp3) is 0.273. The molecule has 3 rings (SSSR count). The molecule has 156 valence electrons. The number of benzene rings is 2. The number of hydrazone groups is 1. The second-order valence-corrected chi connectivity index (χ2v) is 7.09. The lowest BCUT2D eigenvalue weighted by molar-refractivity contribution is -0.119. The number of anilines is 3. The Morgan fingerprint density at radius 2 is 1.83 bits per heavy atom. The van der Waals surface area contributed by atoms with Gasteiger partial charge in [0.05, 0.1) is 18.5 Å². The molecule has 1 aliphatic heterocycles. The van der Waals surface area contributed by atoms with Crippen molar-refractivity contribution in [1.29, 1.82) is 0 Å². The number of carbonyl (C=O) groups is 3. The van der Waals surface area contributed by atoms with Crippen molar-refractivity contribution in [2.75, 3.05) is 22.8 Å². The van der Waals surface area contributed by atoms with E-state index >= 15 is 0 Å². The second-order valence-electron chi connectivity index (χ2n) is 7.09. The van der Waals surface area contributed by atoms with E-state index in [1.165, 1.54) is 19.0 Å². The van der Waals surface area contributed by atoms with Crippen molar-refractivity contribution in [2.24, 2.45) is 5.10 Å². The zero-order valence-corrected chi connectivity index (χ0v) is 17.4. The highest BCUT2D eigenvalue weighted by atomic mass is 16.5. The number of nitrogens with one attached hydrogen (secondary N) is 2. The molecule has 1 heterocycles. The summed E-state index contributed by atoms with van der Waals surface area (Å²) in [5.41, 5.74) is 3.71. The van der Waals surface area contributed by atoms with Crippen LogP contribution in [0.1, 0.15) is 30.9 Å². The summed E-state index contributed by atoms with van der Waals surface area (Å²) >= 11 is 0. The lowest BCUT2D eigenvalue weighted by Gasteiger charge is -2.25. The fourth-order valence-corrected chi connectivity index (χ4v) is 3.13. The van der Waals surface area contributed by atoms with E-state index in [9.17, 15) is 14.4 Å². The second kappa shape index (κ2) is 8.77. The summed E-state index contributed by atoms with van der Waals surface area (Å²) in [5, 5.41) is 11.1. The van der Waals surface area contributed by atoms with Gasteiger partial charge in [0, 0.05) is 25.5 Å². The molecule has 0 unspecified atom stereocenters. The smallest absolute Gasteiger partial charge is 0.271 e. The van der Waals surface area contributed by atoms with Gasteiger partial charge in [-0.3, -0.25) is 14.4 Å². The van der Waals surface area contributed by atoms with E-state index in [1.54, 1.807) is 18.2 Å². The Hall–Kier alpha value is -3.68. The summed E-state index contributed by atoms with van der Waals surface area (Å²) in [6.07, 6.45) is 0.419. The van der Waals surface area contributed by atoms with Gasteiger partial charge in [-0.1, -0.05) is 12.1 Å².